The molecule has 4 atom stereocenters. The Morgan fingerprint density at radius 2 is 1.60 bits per heavy atom. The average Bonchev–Trinajstić information content (AvgIpc) is 3.70. The number of hydrogen-bond acceptors (Lipinski definition) is 6. The van der Waals surface area contributed by atoms with Crippen molar-refractivity contribution < 1.29 is 23.9 Å². The minimum absolute atomic E-state index is 0.0600. The van der Waals surface area contributed by atoms with Crippen LogP contribution >= 0.6 is 11.6 Å². The molecule has 212 valence electrons. The van der Waals surface area contributed by atoms with Gasteiger partial charge in [0.2, 0.25) is 12.7 Å². The van der Waals surface area contributed by atoms with Crippen LogP contribution in [0.25, 0.3) is 5.57 Å². The summed E-state index contributed by atoms with van der Waals surface area (Å²) in [4.78, 5) is 46.3. The lowest BCUT2D eigenvalue weighted by Crippen LogP contribution is -2.51. The Morgan fingerprint density at radius 3 is 2.44 bits per heavy atom. The van der Waals surface area contributed by atoms with Crippen molar-refractivity contribution in [3.05, 3.63) is 124 Å². The molecule has 1 saturated heterocycles. The van der Waals surface area contributed by atoms with Gasteiger partial charge in [0, 0.05) is 33.1 Å². The molecular weight excluding hydrogens is 564 g/mol. The molecule has 7 nitrogen and oxygen atoms in total. The number of ketones is 2. The Morgan fingerprint density at radius 1 is 0.884 bits per heavy atom. The molecule has 1 spiro atoms. The lowest BCUT2D eigenvalue weighted by molar-refractivity contribution is -0.121. The number of amides is 1. The normalized spacial score (nSPS) is 24.2. The van der Waals surface area contributed by atoms with Gasteiger partial charge in [0.1, 0.15) is 11.5 Å². The first kappa shape index (κ1) is 25.8. The Labute approximate surface area is 252 Å². The number of allylic oxidation sites excluding steroid dienone is 1. The third-order valence-corrected chi connectivity index (χ3v) is 9.47. The highest BCUT2D eigenvalue weighted by atomic mass is 35.5. The van der Waals surface area contributed by atoms with Gasteiger partial charge >= 0.3 is 0 Å². The summed E-state index contributed by atoms with van der Waals surface area (Å²) in [5.74, 6) is -0.987. The minimum atomic E-state index is -1.40. The number of hydrogen-bond donors (Lipinski definition) is 1. The predicted molar refractivity (Wildman–Crippen MR) is 163 cm³/mol. The third-order valence-electron chi connectivity index (χ3n) is 9.22. The fraction of sp³-hybridized carbons (Fsp3) is 0.171. The molecule has 0 radical (unpaired) electrons. The second-order valence-corrected chi connectivity index (χ2v) is 11.8. The quantitative estimate of drug-likeness (QED) is 0.281. The van der Waals surface area contributed by atoms with Gasteiger partial charge in [-0.05, 0) is 72.7 Å². The lowest BCUT2D eigenvalue weighted by atomic mass is 9.64. The van der Waals surface area contributed by atoms with Crippen molar-refractivity contribution in [1.82, 2.24) is 0 Å². The molecule has 1 fully saturated rings. The number of benzene rings is 4. The molecule has 0 unspecified atom stereocenters. The molecule has 0 saturated carbocycles. The van der Waals surface area contributed by atoms with Crippen LogP contribution in [-0.2, 0) is 10.2 Å². The second-order valence-electron chi connectivity index (χ2n) is 11.3. The number of carbonyl (C=O) groups excluding carboxylic acids is 3. The maximum atomic E-state index is 15.0. The molecule has 43 heavy (non-hydrogen) atoms. The van der Waals surface area contributed by atoms with E-state index in [1.54, 1.807) is 42.5 Å². The van der Waals surface area contributed by atoms with Crippen LogP contribution in [-0.4, -0.2) is 36.4 Å². The zero-order valence-corrected chi connectivity index (χ0v) is 23.8. The summed E-state index contributed by atoms with van der Waals surface area (Å²) in [6.45, 7) is 2.07. The molecule has 4 aromatic rings. The summed E-state index contributed by atoms with van der Waals surface area (Å²) in [6.07, 6.45) is 2.04. The van der Waals surface area contributed by atoms with E-state index in [1.807, 2.05) is 66.4 Å². The number of Topliss-reactive ketones (excluding diaryl/α,β-unsaturated/α-hetero) is 2. The molecule has 8 heteroatoms. The standard InChI is InChI=1S/C35H25ClN2O5/c1-19-16-29-35(24-7-3-4-8-25(24)37-34(35)41)30(32(39)21-12-15-27-28(17-21)43-18-42-27)31(33(40)20-10-13-22(36)14-11-20)38(29)26-9-5-2-6-23(19)26/h2-17,29-31H,18H2,1H3,(H,37,41)/t29-,30+,31-,35+/m1/s1. The van der Waals surface area contributed by atoms with Crippen molar-refractivity contribution in [2.75, 3.05) is 17.0 Å². The van der Waals surface area contributed by atoms with Crippen molar-refractivity contribution in [1.29, 1.82) is 0 Å². The number of anilines is 2. The summed E-state index contributed by atoms with van der Waals surface area (Å²) in [7, 11) is 0. The van der Waals surface area contributed by atoms with Crippen LogP contribution in [0.2, 0.25) is 5.02 Å². The van der Waals surface area contributed by atoms with Gasteiger partial charge in [0.25, 0.3) is 0 Å². The maximum absolute atomic E-state index is 15.0. The monoisotopic (exact) mass is 588 g/mol. The van der Waals surface area contributed by atoms with Crippen molar-refractivity contribution >= 4 is 46.0 Å². The molecule has 4 aromatic carbocycles. The van der Waals surface area contributed by atoms with Crippen molar-refractivity contribution in [2.45, 2.75) is 24.4 Å². The zero-order valence-electron chi connectivity index (χ0n) is 23.0. The third kappa shape index (κ3) is 3.52. The summed E-state index contributed by atoms with van der Waals surface area (Å²) in [5, 5.41) is 3.56. The van der Waals surface area contributed by atoms with Crippen LogP contribution in [0.1, 0.15) is 38.8 Å². The highest BCUT2D eigenvalue weighted by Gasteiger charge is 2.70. The number of para-hydroxylation sites is 2. The highest BCUT2D eigenvalue weighted by molar-refractivity contribution is 6.30. The number of carbonyl (C=O) groups is 3. The number of halogens is 1. The molecular formula is C35H25ClN2O5. The van der Waals surface area contributed by atoms with Gasteiger partial charge < -0.3 is 19.7 Å². The number of rotatable bonds is 4. The fourth-order valence-corrected chi connectivity index (χ4v) is 7.53. The largest absolute Gasteiger partial charge is 0.454 e. The summed E-state index contributed by atoms with van der Waals surface area (Å²) in [5.41, 5.74) is 3.42. The highest BCUT2D eigenvalue weighted by Crippen LogP contribution is 2.59. The first-order valence-corrected chi connectivity index (χ1v) is 14.5. The number of fused-ring (bicyclic) bond motifs is 7. The SMILES string of the molecule is CC1=C[C@H]2N(c3ccccc31)[C@@H](C(=O)c1ccc(Cl)cc1)[C@@H](C(=O)c1ccc3c(c1)OCO3)[C@@]21C(=O)Nc2ccccc21. The van der Waals surface area contributed by atoms with E-state index < -0.39 is 23.4 Å². The number of ether oxygens (including phenoxy) is 2. The van der Waals surface area contributed by atoms with E-state index in [2.05, 4.69) is 5.32 Å². The summed E-state index contributed by atoms with van der Waals surface area (Å²) < 4.78 is 11.1. The van der Waals surface area contributed by atoms with E-state index in [-0.39, 0.29) is 24.3 Å². The Balaban J connectivity index is 1.42. The van der Waals surface area contributed by atoms with Crippen molar-refractivity contribution in [3.63, 3.8) is 0 Å². The van der Waals surface area contributed by atoms with Gasteiger partial charge in [-0.1, -0.05) is 54.1 Å². The van der Waals surface area contributed by atoms with E-state index in [4.69, 9.17) is 21.1 Å². The van der Waals surface area contributed by atoms with E-state index in [1.165, 1.54) is 0 Å². The first-order valence-electron chi connectivity index (χ1n) is 14.1. The molecule has 0 bridgehead atoms. The Bertz CT molecular complexity index is 1900. The van der Waals surface area contributed by atoms with E-state index >= 15 is 4.79 Å². The van der Waals surface area contributed by atoms with Crippen LogP contribution in [0.15, 0.2) is 97.1 Å². The molecule has 4 aliphatic heterocycles. The van der Waals surface area contributed by atoms with Gasteiger partial charge in [0.05, 0.1) is 12.0 Å². The smallest absolute Gasteiger partial charge is 0.238 e. The van der Waals surface area contributed by atoms with Gasteiger partial charge in [-0.3, -0.25) is 14.4 Å². The van der Waals surface area contributed by atoms with Crippen LogP contribution in [0, 0.1) is 5.92 Å². The van der Waals surface area contributed by atoms with E-state index in [0.29, 0.717) is 38.9 Å². The van der Waals surface area contributed by atoms with Crippen LogP contribution in [0.5, 0.6) is 11.5 Å². The Hall–Kier alpha value is -4.88. The van der Waals surface area contributed by atoms with Crippen LogP contribution in [0.4, 0.5) is 11.4 Å². The topological polar surface area (TPSA) is 84.9 Å². The molecule has 1 amide bonds. The van der Waals surface area contributed by atoms with Crippen LogP contribution in [0.3, 0.4) is 0 Å². The first-order chi connectivity index (χ1) is 20.9. The van der Waals surface area contributed by atoms with Crippen molar-refractivity contribution in [3.8, 4) is 11.5 Å². The number of nitrogens with zero attached hydrogens (tertiary/aromatic N) is 1. The van der Waals surface area contributed by atoms with E-state index in [9.17, 15) is 9.59 Å². The molecule has 4 aliphatic rings. The lowest BCUT2D eigenvalue weighted by Gasteiger charge is -2.39. The van der Waals surface area contributed by atoms with Gasteiger partial charge in [-0.2, -0.15) is 0 Å². The zero-order chi connectivity index (χ0) is 29.5. The Kier molecular flexibility index (Phi) is 5.59. The van der Waals surface area contributed by atoms with Crippen LogP contribution < -0.4 is 19.7 Å². The van der Waals surface area contributed by atoms with Crippen molar-refractivity contribution in [2.24, 2.45) is 5.92 Å². The van der Waals surface area contributed by atoms with Gasteiger partial charge in [-0.15, -0.1) is 0 Å². The molecule has 1 N–H and O–H groups in total. The summed E-state index contributed by atoms with van der Waals surface area (Å²) in [6, 6.07) is 25.4. The maximum Gasteiger partial charge on any atom is 0.238 e. The second kappa shape index (κ2) is 9.31. The number of nitrogens with one attached hydrogen (secondary N) is 1. The van der Waals surface area contributed by atoms with Gasteiger partial charge in [-0.25, -0.2) is 0 Å². The minimum Gasteiger partial charge on any atom is -0.454 e. The predicted octanol–water partition coefficient (Wildman–Crippen LogP) is 6.31. The summed E-state index contributed by atoms with van der Waals surface area (Å²) >= 11 is 6.19. The average molecular weight is 589 g/mol. The molecule has 8 rings (SSSR count). The molecule has 0 aromatic heterocycles. The molecule has 4 heterocycles. The van der Waals surface area contributed by atoms with Gasteiger partial charge in [0.15, 0.2) is 23.1 Å². The van der Waals surface area contributed by atoms with E-state index in [0.717, 1.165) is 16.8 Å². The molecule has 0 aliphatic carbocycles. The fourth-order valence-electron chi connectivity index (χ4n) is 7.40.